The molecule has 0 atom stereocenters. The number of hydrogen-bond donors (Lipinski definition) is 3. The number of Topliss-reactive ketones (excluding diaryl/α,β-unsaturated/α-hetero) is 1. The second-order valence-corrected chi connectivity index (χ2v) is 5.26. The van der Waals surface area contributed by atoms with Crippen LogP contribution in [-0.4, -0.2) is 17.7 Å². The van der Waals surface area contributed by atoms with Crippen molar-refractivity contribution in [1.29, 1.82) is 0 Å². The summed E-state index contributed by atoms with van der Waals surface area (Å²) < 4.78 is 0. The molecule has 1 aliphatic rings. The summed E-state index contributed by atoms with van der Waals surface area (Å²) in [4.78, 5) is 23.1. The zero-order valence-corrected chi connectivity index (χ0v) is 10.4. The van der Waals surface area contributed by atoms with E-state index < -0.39 is 5.91 Å². The maximum atomic E-state index is 11.4. The molecule has 0 radical (unpaired) electrons. The normalized spacial score (nSPS) is 15.4. The molecular weight excluding hydrogens is 238 g/mol. The van der Waals surface area contributed by atoms with Crippen molar-refractivity contribution in [2.75, 3.05) is 11.1 Å². The van der Waals surface area contributed by atoms with E-state index in [2.05, 4.69) is 5.32 Å². The van der Waals surface area contributed by atoms with Gasteiger partial charge in [-0.15, -0.1) is 11.3 Å². The molecule has 1 heterocycles. The lowest BCUT2D eigenvalue weighted by molar-refractivity contribution is 0.100. The van der Waals surface area contributed by atoms with E-state index >= 15 is 0 Å². The van der Waals surface area contributed by atoms with Crippen LogP contribution in [0.1, 0.15) is 46.2 Å². The van der Waals surface area contributed by atoms with E-state index in [4.69, 9.17) is 11.5 Å². The zero-order valence-electron chi connectivity index (χ0n) is 9.58. The Bertz CT molecular complexity index is 477. The largest absolute Gasteiger partial charge is 0.397 e. The number of carbonyl (C=O) groups excluding carboxylic acids is 2. The third-order valence-electron chi connectivity index (χ3n) is 2.95. The highest BCUT2D eigenvalue weighted by Crippen LogP contribution is 2.37. The Kier molecular flexibility index (Phi) is 3.06. The van der Waals surface area contributed by atoms with E-state index in [-0.39, 0.29) is 17.0 Å². The molecule has 1 amide bonds. The summed E-state index contributed by atoms with van der Waals surface area (Å²) in [6.45, 7) is 1.43. The third-order valence-corrected chi connectivity index (χ3v) is 4.19. The Morgan fingerprint density at radius 1 is 1.41 bits per heavy atom. The van der Waals surface area contributed by atoms with Crippen molar-refractivity contribution >= 4 is 33.7 Å². The third kappa shape index (κ3) is 2.12. The number of rotatable bonds is 4. The summed E-state index contributed by atoms with van der Waals surface area (Å²) in [5, 5.41) is 3.86. The Hall–Kier alpha value is -1.56. The van der Waals surface area contributed by atoms with Gasteiger partial charge in [0.2, 0.25) is 0 Å². The van der Waals surface area contributed by atoms with Crippen LogP contribution in [0.4, 0.5) is 10.7 Å². The molecule has 1 fully saturated rings. The Balaban J connectivity index is 2.37. The summed E-state index contributed by atoms with van der Waals surface area (Å²) in [6, 6.07) is 0.367. The number of amides is 1. The van der Waals surface area contributed by atoms with Crippen molar-refractivity contribution in [2.45, 2.75) is 32.2 Å². The average Bonchev–Trinajstić information content (AvgIpc) is 2.49. The molecule has 17 heavy (non-hydrogen) atoms. The van der Waals surface area contributed by atoms with Gasteiger partial charge in [0.25, 0.3) is 5.91 Å². The first-order valence-corrected chi connectivity index (χ1v) is 6.32. The highest BCUT2D eigenvalue weighted by molar-refractivity contribution is 7.19. The maximum Gasteiger partial charge on any atom is 0.253 e. The summed E-state index contributed by atoms with van der Waals surface area (Å²) in [5.41, 5.74) is 11.6. The minimum atomic E-state index is -0.590. The molecule has 0 saturated heterocycles. The average molecular weight is 253 g/mol. The fourth-order valence-corrected chi connectivity index (χ4v) is 2.89. The zero-order chi connectivity index (χ0) is 12.6. The van der Waals surface area contributed by atoms with Crippen LogP contribution in [0.2, 0.25) is 0 Å². The van der Waals surface area contributed by atoms with Gasteiger partial charge in [-0.2, -0.15) is 0 Å². The Labute approximate surface area is 103 Å². The number of primary amides is 1. The number of hydrogen-bond acceptors (Lipinski definition) is 5. The molecular formula is C11H15N3O2S. The summed E-state index contributed by atoms with van der Waals surface area (Å²) >= 11 is 1.21. The lowest BCUT2D eigenvalue weighted by Gasteiger charge is -2.27. The van der Waals surface area contributed by atoms with E-state index in [1.54, 1.807) is 0 Å². The first-order chi connectivity index (χ1) is 8.00. The van der Waals surface area contributed by atoms with Crippen LogP contribution in [0.3, 0.4) is 0 Å². The monoisotopic (exact) mass is 253 g/mol. The molecule has 0 aliphatic heterocycles. The molecule has 0 spiro atoms. The SMILES string of the molecule is CC(=O)c1sc(NC2CCC2)c(C(N)=O)c1N. The summed E-state index contributed by atoms with van der Waals surface area (Å²) in [7, 11) is 0. The maximum absolute atomic E-state index is 11.4. The molecule has 5 nitrogen and oxygen atoms in total. The van der Waals surface area contributed by atoms with Crippen LogP contribution in [0.15, 0.2) is 0 Å². The number of ketones is 1. The van der Waals surface area contributed by atoms with E-state index in [0.717, 1.165) is 12.8 Å². The van der Waals surface area contributed by atoms with Crippen molar-refractivity contribution in [3.05, 3.63) is 10.4 Å². The predicted octanol–water partition coefficient (Wildman–Crippen LogP) is 1.60. The molecule has 1 saturated carbocycles. The number of thiophene rings is 1. The molecule has 1 aliphatic carbocycles. The fraction of sp³-hybridized carbons (Fsp3) is 0.455. The van der Waals surface area contributed by atoms with Gasteiger partial charge >= 0.3 is 0 Å². The molecule has 5 N–H and O–H groups in total. The van der Waals surface area contributed by atoms with Gasteiger partial charge in [0.05, 0.1) is 16.1 Å². The second kappa shape index (κ2) is 4.37. The number of carbonyl (C=O) groups is 2. The molecule has 0 bridgehead atoms. The molecule has 2 rings (SSSR count). The second-order valence-electron chi connectivity index (χ2n) is 4.24. The highest BCUT2D eigenvalue weighted by atomic mass is 32.1. The van der Waals surface area contributed by atoms with E-state index in [0.29, 0.717) is 15.9 Å². The van der Waals surface area contributed by atoms with Crippen LogP contribution < -0.4 is 16.8 Å². The molecule has 6 heteroatoms. The predicted molar refractivity (Wildman–Crippen MR) is 68.5 cm³/mol. The number of nitrogens with two attached hydrogens (primary N) is 2. The van der Waals surface area contributed by atoms with E-state index in [1.165, 1.54) is 24.7 Å². The first-order valence-electron chi connectivity index (χ1n) is 5.50. The number of nitrogens with one attached hydrogen (secondary N) is 1. The van der Waals surface area contributed by atoms with E-state index in [9.17, 15) is 9.59 Å². The van der Waals surface area contributed by atoms with Gasteiger partial charge in [-0.3, -0.25) is 9.59 Å². The van der Waals surface area contributed by atoms with Gasteiger partial charge in [0.1, 0.15) is 5.00 Å². The molecule has 0 unspecified atom stereocenters. The molecule has 1 aromatic heterocycles. The molecule has 0 aromatic carbocycles. The summed E-state index contributed by atoms with van der Waals surface area (Å²) in [6.07, 6.45) is 3.33. The smallest absolute Gasteiger partial charge is 0.253 e. The van der Waals surface area contributed by atoms with Crippen molar-refractivity contribution in [2.24, 2.45) is 5.73 Å². The standard InChI is InChI=1S/C11H15N3O2S/c1-5(15)9-8(12)7(10(13)16)11(17-9)14-6-3-2-4-6/h6,14H,2-4,12H2,1H3,(H2,13,16). The van der Waals surface area contributed by atoms with Crippen LogP contribution in [-0.2, 0) is 0 Å². The van der Waals surface area contributed by atoms with Gasteiger partial charge in [0, 0.05) is 13.0 Å². The van der Waals surface area contributed by atoms with Gasteiger partial charge in [0.15, 0.2) is 5.78 Å². The van der Waals surface area contributed by atoms with Gasteiger partial charge in [-0.05, 0) is 19.3 Å². The Morgan fingerprint density at radius 3 is 2.47 bits per heavy atom. The van der Waals surface area contributed by atoms with Crippen molar-refractivity contribution < 1.29 is 9.59 Å². The fourth-order valence-electron chi connectivity index (χ4n) is 1.79. The van der Waals surface area contributed by atoms with Gasteiger partial charge in [-0.25, -0.2) is 0 Å². The lowest BCUT2D eigenvalue weighted by atomic mass is 9.93. The van der Waals surface area contributed by atoms with Crippen LogP contribution in [0, 0.1) is 0 Å². The quantitative estimate of drug-likeness (QED) is 0.710. The lowest BCUT2D eigenvalue weighted by Crippen LogP contribution is -2.27. The topological polar surface area (TPSA) is 98.2 Å². The van der Waals surface area contributed by atoms with E-state index in [1.807, 2.05) is 0 Å². The van der Waals surface area contributed by atoms with Crippen LogP contribution in [0.25, 0.3) is 0 Å². The highest BCUT2D eigenvalue weighted by Gasteiger charge is 2.25. The van der Waals surface area contributed by atoms with Crippen LogP contribution in [0.5, 0.6) is 0 Å². The van der Waals surface area contributed by atoms with Gasteiger partial charge in [-0.1, -0.05) is 0 Å². The summed E-state index contributed by atoms with van der Waals surface area (Å²) in [5.74, 6) is -0.732. The Morgan fingerprint density at radius 2 is 2.06 bits per heavy atom. The van der Waals surface area contributed by atoms with Gasteiger partial charge < -0.3 is 16.8 Å². The first kappa shape index (κ1) is 11.9. The number of nitrogen functional groups attached to an aromatic ring is 1. The van der Waals surface area contributed by atoms with Crippen molar-refractivity contribution in [3.63, 3.8) is 0 Å². The van der Waals surface area contributed by atoms with Crippen LogP contribution >= 0.6 is 11.3 Å². The van der Waals surface area contributed by atoms with Crippen molar-refractivity contribution in [1.82, 2.24) is 0 Å². The minimum Gasteiger partial charge on any atom is -0.397 e. The molecule has 1 aromatic rings. The number of anilines is 2. The molecule has 92 valence electrons. The minimum absolute atomic E-state index is 0.142. The van der Waals surface area contributed by atoms with Crippen molar-refractivity contribution in [3.8, 4) is 0 Å².